The van der Waals surface area contributed by atoms with Crippen LogP contribution in [0.25, 0.3) is 0 Å². The summed E-state index contributed by atoms with van der Waals surface area (Å²) in [5.41, 5.74) is 0.422. The fourth-order valence-electron chi connectivity index (χ4n) is 2.26. The molecule has 0 saturated carbocycles. The summed E-state index contributed by atoms with van der Waals surface area (Å²) in [6.07, 6.45) is 1.91. The van der Waals surface area contributed by atoms with Crippen LogP contribution in [0, 0.1) is 0 Å². The van der Waals surface area contributed by atoms with E-state index in [0.29, 0.717) is 17.2 Å². The van der Waals surface area contributed by atoms with E-state index in [1.54, 1.807) is 25.3 Å². The summed E-state index contributed by atoms with van der Waals surface area (Å²) in [5, 5.41) is 3.17. The maximum absolute atomic E-state index is 12.1. The van der Waals surface area contributed by atoms with Crippen molar-refractivity contribution < 1.29 is 17.9 Å². The summed E-state index contributed by atoms with van der Waals surface area (Å²) < 4.78 is 37.1. The lowest BCUT2D eigenvalue weighted by Crippen LogP contribution is -2.32. The Morgan fingerprint density at radius 3 is 2.75 bits per heavy atom. The molecule has 0 spiro atoms. The maximum atomic E-state index is 12.1. The molecule has 1 aliphatic rings. The number of anilines is 1. The van der Waals surface area contributed by atoms with Gasteiger partial charge in [-0.1, -0.05) is 0 Å². The molecule has 112 valence electrons. The van der Waals surface area contributed by atoms with Crippen LogP contribution >= 0.6 is 0 Å². The highest BCUT2D eigenvalue weighted by Gasteiger charge is 2.23. The lowest BCUT2D eigenvalue weighted by molar-refractivity contribution is 0.395. The zero-order valence-corrected chi connectivity index (χ0v) is 12.5. The molecule has 1 aliphatic heterocycles. The maximum Gasteiger partial charge on any atom is 0.234 e. The Bertz CT molecular complexity index is 553. The minimum absolute atomic E-state index is 0.0248. The minimum Gasteiger partial charge on any atom is -0.497 e. The predicted octanol–water partition coefficient (Wildman–Crippen LogP) is 1.20. The van der Waals surface area contributed by atoms with Crippen molar-refractivity contribution in [2.45, 2.75) is 18.9 Å². The molecule has 2 rings (SSSR count). The first-order chi connectivity index (χ1) is 9.54. The second kappa shape index (κ2) is 6.32. The Balaban J connectivity index is 2.11. The van der Waals surface area contributed by atoms with Gasteiger partial charge in [-0.2, -0.15) is 0 Å². The molecule has 2 N–H and O–H groups in total. The molecule has 1 atom stereocenters. The van der Waals surface area contributed by atoms with Crippen molar-refractivity contribution in [3.63, 3.8) is 0 Å². The van der Waals surface area contributed by atoms with Crippen LogP contribution in [0.15, 0.2) is 18.2 Å². The number of methoxy groups -OCH3 is 2. The quantitative estimate of drug-likeness (QED) is 0.825. The SMILES string of the molecule is COc1ccc(NS(=O)(=O)CC2CCCN2)c(OC)c1. The molecule has 1 saturated heterocycles. The average Bonchev–Trinajstić information content (AvgIpc) is 2.90. The Hall–Kier alpha value is -1.47. The zero-order valence-electron chi connectivity index (χ0n) is 11.7. The first kappa shape index (κ1) is 14.9. The first-order valence-corrected chi connectivity index (χ1v) is 8.15. The topological polar surface area (TPSA) is 76.7 Å². The lowest BCUT2D eigenvalue weighted by Gasteiger charge is -2.15. The summed E-state index contributed by atoms with van der Waals surface area (Å²) in [5.74, 6) is 1.12. The minimum atomic E-state index is -3.40. The van der Waals surface area contributed by atoms with Crippen molar-refractivity contribution in [2.75, 3.05) is 31.2 Å². The number of rotatable bonds is 6. The Morgan fingerprint density at radius 1 is 1.35 bits per heavy atom. The molecule has 0 aliphatic carbocycles. The molecule has 1 fully saturated rings. The van der Waals surface area contributed by atoms with Gasteiger partial charge in [-0.25, -0.2) is 8.42 Å². The fraction of sp³-hybridized carbons (Fsp3) is 0.538. The Morgan fingerprint density at radius 2 is 2.15 bits per heavy atom. The third kappa shape index (κ3) is 3.77. The molecule has 1 aromatic rings. The normalized spacial score (nSPS) is 18.8. The summed E-state index contributed by atoms with van der Waals surface area (Å²) >= 11 is 0. The average molecular weight is 300 g/mol. The first-order valence-electron chi connectivity index (χ1n) is 6.50. The van der Waals surface area contributed by atoms with Crippen molar-refractivity contribution >= 4 is 15.7 Å². The molecule has 6 nitrogen and oxygen atoms in total. The van der Waals surface area contributed by atoms with Gasteiger partial charge in [0, 0.05) is 12.1 Å². The van der Waals surface area contributed by atoms with E-state index >= 15 is 0 Å². The van der Waals surface area contributed by atoms with Crippen LogP contribution < -0.4 is 19.5 Å². The van der Waals surface area contributed by atoms with E-state index in [1.165, 1.54) is 7.11 Å². The van der Waals surface area contributed by atoms with Gasteiger partial charge in [-0.05, 0) is 31.5 Å². The molecule has 0 amide bonds. The van der Waals surface area contributed by atoms with E-state index in [2.05, 4.69) is 10.0 Å². The number of ether oxygens (including phenoxy) is 2. The number of sulfonamides is 1. The van der Waals surface area contributed by atoms with Gasteiger partial charge >= 0.3 is 0 Å². The molecular formula is C13H20N2O4S. The van der Waals surface area contributed by atoms with Crippen LogP contribution in [0.4, 0.5) is 5.69 Å². The molecule has 1 heterocycles. The van der Waals surface area contributed by atoms with Gasteiger partial charge in [0.15, 0.2) is 0 Å². The Kier molecular flexibility index (Phi) is 4.72. The van der Waals surface area contributed by atoms with Crippen LogP contribution in [0.3, 0.4) is 0 Å². The van der Waals surface area contributed by atoms with Gasteiger partial charge in [-0.15, -0.1) is 0 Å². The monoisotopic (exact) mass is 300 g/mol. The van der Waals surface area contributed by atoms with Gasteiger partial charge in [0.1, 0.15) is 11.5 Å². The van der Waals surface area contributed by atoms with Crippen LogP contribution in [-0.4, -0.2) is 41.0 Å². The third-order valence-corrected chi connectivity index (χ3v) is 4.63. The van der Waals surface area contributed by atoms with Crippen LogP contribution in [0.1, 0.15) is 12.8 Å². The van der Waals surface area contributed by atoms with Crippen molar-refractivity contribution in [2.24, 2.45) is 0 Å². The standard InChI is InChI=1S/C13H20N2O4S/c1-18-11-5-6-12(13(8-11)19-2)15-20(16,17)9-10-4-3-7-14-10/h5-6,8,10,14-15H,3-4,7,9H2,1-2H3. The Labute approximate surface area is 119 Å². The smallest absolute Gasteiger partial charge is 0.234 e. The number of benzene rings is 1. The van der Waals surface area contributed by atoms with E-state index in [4.69, 9.17) is 9.47 Å². The summed E-state index contributed by atoms with van der Waals surface area (Å²) in [4.78, 5) is 0. The molecule has 0 bridgehead atoms. The molecule has 1 unspecified atom stereocenters. The molecule has 20 heavy (non-hydrogen) atoms. The summed E-state index contributed by atoms with van der Waals surface area (Å²) in [6.45, 7) is 0.881. The van der Waals surface area contributed by atoms with E-state index in [0.717, 1.165) is 19.4 Å². The third-order valence-electron chi connectivity index (χ3n) is 3.26. The molecule has 7 heteroatoms. The van der Waals surface area contributed by atoms with Gasteiger partial charge < -0.3 is 14.8 Å². The predicted molar refractivity (Wildman–Crippen MR) is 78.0 cm³/mol. The molecule has 0 aromatic heterocycles. The van der Waals surface area contributed by atoms with Gasteiger partial charge in [0.2, 0.25) is 10.0 Å². The van der Waals surface area contributed by atoms with Crippen molar-refractivity contribution in [3.8, 4) is 11.5 Å². The zero-order chi connectivity index (χ0) is 14.6. The molecular weight excluding hydrogens is 280 g/mol. The van der Waals surface area contributed by atoms with Gasteiger partial charge in [0.25, 0.3) is 0 Å². The van der Waals surface area contributed by atoms with Crippen LogP contribution in [0.2, 0.25) is 0 Å². The second-order valence-corrected chi connectivity index (χ2v) is 6.51. The van der Waals surface area contributed by atoms with Gasteiger partial charge in [-0.3, -0.25) is 4.72 Å². The van der Waals surface area contributed by atoms with Gasteiger partial charge in [0.05, 0.1) is 25.7 Å². The highest BCUT2D eigenvalue weighted by atomic mass is 32.2. The highest BCUT2D eigenvalue weighted by Crippen LogP contribution is 2.29. The van der Waals surface area contributed by atoms with E-state index in [1.807, 2.05) is 0 Å². The van der Waals surface area contributed by atoms with Crippen LogP contribution in [-0.2, 0) is 10.0 Å². The van der Waals surface area contributed by atoms with E-state index in [-0.39, 0.29) is 11.8 Å². The fourth-order valence-corrected chi connectivity index (χ4v) is 3.66. The second-order valence-electron chi connectivity index (χ2n) is 4.74. The molecule has 0 radical (unpaired) electrons. The largest absolute Gasteiger partial charge is 0.497 e. The van der Waals surface area contributed by atoms with E-state index in [9.17, 15) is 8.42 Å². The van der Waals surface area contributed by atoms with Crippen molar-refractivity contribution in [1.82, 2.24) is 5.32 Å². The van der Waals surface area contributed by atoms with Crippen LogP contribution in [0.5, 0.6) is 11.5 Å². The number of hydrogen-bond acceptors (Lipinski definition) is 5. The summed E-state index contributed by atoms with van der Waals surface area (Å²) in [6, 6.07) is 4.99. The molecule has 1 aromatic carbocycles. The van der Waals surface area contributed by atoms with Crippen molar-refractivity contribution in [3.05, 3.63) is 18.2 Å². The lowest BCUT2D eigenvalue weighted by atomic mass is 10.3. The highest BCUT2D eigenvalue weighted by molar-refractivity contribution is 7.92. The number of hydrogen-bond donors (Lipinski definition) is 2. The van der Waals surface area contributed by atoms with E-state index < -0.39 is 10.0 Å². The number of nitrogens with one attached hydrogen (secondary N) is 2. The van der Waals surface area contributed by atoms with Crippen molar-refractivity contribution in [1.29, 1.82) is 0 Å². The summed E-state index contributed by atoms with van der Waals surface area (Å²) in [7, 11) is -0.366.